The first-order valence-electron chi connectivity index (χ1n) is 5.12. The first kappa shape index (κ1) is 15.4. The summed E-state index contributed by atoms with van der Waals surface area (Å²) < 4.78 is 0. The number of amides is 2. The Balaban J connectivity index is 4.62. The topological polar surface area (TPSA) is 136 Å². The van der Waals surface area contributed by atoms with E-state index in [4.69, 9.17) is 16.6 Å². The SMILES string of the molecule is CC(C)(C)C(N)C(=O)N[C@H](CC(N)=O)C(=O)O. The molecule has 7 heteroatoms. The van der Waals surface area contributed by atoms with Gasteiger partial charge in [-0.15, -0.1) is 0 Å². The van der Waals surface area contributed by atoms with Gasteiger partial charge in [-0.05, 0) is 5.41 Å². The standard InChI is InChI=1S/C10H19N3O4/c1-10(2,3)7(12)8(15)13-5(9(16)17)4-6(11)14/h5,7H,4,12H2,1-3H3,(H2,11,14)(H,13,15)(H,16,17)/t5-,7?/m1/s1. The molecule has 0 fully saturated rings. The summed E-state index contributed by atoms with van der Waals surface area (Å²) >= 11 is 0. The van der Waals surface area contributed by atoms with E-state index in [1.807, 2.05) is 0 Å². The Kier molecular flexibility index (Phi) is 5.09. The molecule has 0 aromatic carbocycles. The Hall–Kier alpha value is -1.63. The number of primary amides is 1. The van der Waals surface area contributed by atoms with Crippen LogP contribution in [0, 0.1) is 5.41 Å². The summed E-state index contributed by atoms with van der Waals surface area (Å²) in [5, 5.41) is 11.0. The molecule has 0 saturated carbocycles. The zero-order valence-corrected chi connectivity index (χ0v) is 10.2. The van der Waals surface area contributed by atoms with E-state index in [-0.39, 0.29) is 0 Å². The summed E-state index contributed by atoms with van der Waals surface area (Å²) in [6.07, 6.45) is -0.460. The van der Waals surface area contributed by atoms with Crippen molar-refractivity contribution >= 4 is 17.8 Å². The molecule has 0 aromatic rings. The number of carbonyl (C=O) groups excluding carboxylic acids is 2. The summed E-state index contributed by atoms with van der Waals surface area (Å²) in [7, 11) is 0. The van der Waals surface area contributed by atoms with Crippen molar-refractivity contribution < 1.29 is 19.5 Å². The molecule has 2 atom stereocenters. The minimum Gasteiger partial charge on any atom is -0.480 e. The van der Waals surface area contributed by atoms with E-state index in [0.29, 0.717) is 0 Å². The van der Waals surface area contributed by atoms with Crippen LogP contribution in [0.15, 0.2) is 0 Å². The maximum absolute atomic E-state index is 11.6. The fourth-order valence-electron chi connectivity index (χ4n) is 1.06. The third-order valence-corrected chi connectivity index (χ3v) is 2.24. The molecular weight excluding hydrogens is 226 g/mol. The Labute approximate surface area is 99.5 Å². The van der Waals surface area contributed by atoms with Crippen molar-refractivity contribution in [1.29, 1.82) is 0 Å². The highest BCUT2D eigenvalue weighted by atomic mass is 16.4. The summed E-state index contributed by atoms with van der Waals surface area (Å²) in [6.45, 7) is 5.25. The van der Waals surface area contributed by atoms with Gasteiger partial charge in [0.1, 0.15) is 6.04 Å². The van der Waals surface area contributed by atoms with Crippen LogP contribution in [0.2, 0.25) is 0 Å². The number of carboxylic acids is 1. The van der Waals surface area contributed by atoms with E-state index in [1.54, 1.807) is 20.8 Å². The van der Waals surface area contributed by atoms with Gasteiger partial charge in [-0.1, -0.05) is 20.8 Å². The number of aliphatic carboxylic acids is 1. The Morgan fingerprint density at radius 1 is 1.29 bits per heavy atom. The maximum atomic E-state index is 11.6. The molecule has 0 saturated heterocycles. The molecule has 0 aliphatic heterocycles. The van der Waals surface area contributed by atoms with Crippen molar-refractivity contribution in [2.75, 3.05) is 0 Å². The fourth-order valence-corrected chi connectivity index (χ4v) is 1.06. The average molecular weight is 245 g/mol. The fraction of sp³-hybridized carbons (Fsp3) is 0.700. The third-order valence-electron chi connectivity index (χ3n) is 2.24. The van der Waals surface area contributed by atoms with Crippen molar-refractivity contribution in [2.24, 2.45) is 16.9 Å². The second-order valence-corrected chi connectivity index (χ2v) is 4.91. The van der Waals surface area contributed by atoms with Gasteiger partial charge in [-0.25, -0.2) is 4.79 Å². The largest absolute Gasteiger partial charge is 0.480 e. The number of carboxylic acid groups (broad SMARTS) is 1. The van der Waals surface area contributed by atoms with Gasteiger partial charge in [0, 0.05) is 0 Å². The van der Waals surface area contributed by atoms with E-state index in [2.05, 4.69) is 5.32 Å². The molecule has 2 amide bonds. The van der Waals surface area contributed by atoms with E-state index in [9.17, 15) is 14.4 Å². The summed E-state index contributed by atoms with van der Waals surface area (Å²) in [5.41, 5.74) is 10.0. The molecule has 0 spiro atoms. The monoisotopic (exact) mass is 245 g/mol. The molecule has 0 bridgehead atoms. The predicted octanol–water partition coefficient (Wildman–Crippen LogP) is -1.20. The summed E-state index contributed by atoms with van der Waals surface area (Å²) in [5.74, 6) is -2.74. The predicted molar refractivity (Wildman–Crippen MR) is 60.8 cm³/mol. The van der Waals surface area contributed by atoms with Crippen LogP contribution in [0.4, 0.5) is 0 Å². The van der Waals surface area contributed by atoms with Crippen LogP contribution < -0.4 is 16.8 Å². The number of hydrogen-bond donors (Lipinski definition) is 4. The van der Waals surface area contributed by atoms with Gasteiger partial charge < -0.3 is 21.9 Å². The minimum absolute atomic E-state index is 0.460. The van der Waals surface area contributed by atoms with Crippen LogP contribution in [0.1, 0.15) is 27.2 Å². The minimum atomic E-state index is -1.34. The van der Waals surface area contributed by atoms with Crippen molar-refractivity contribution in [2.45, 2.75) is 39.3 Å². The number of carbonyl (C=O) groups is 3. The van der Waals surface area contributed by atoms with Gasteiger partial charge in [0.15, 0.2) is 0 Å². The second-order valence-electron chi connectivity index (χ2n) is 4.91. The van der Waals surface area contributed by atoms with Gasteiger partial charge in [0.25, 0.3) is 0 Å². The van der Waals surface area contributed by atoms with Gasteiger partial charge in [-0.3, -0.25) is 9.59 Å². The Morgan fingerprint density at radius 3 is 2.06 bits per heavy atom. The molecule has 1 unspecified atom stereocenters. The molecule has 6 N–H and O–H groups in total. The molecule has 98 valence electrons. The second kappa shape index (κ2) is 5.62. The highest BCUT2D eigenvalue weighted by Gasteiger charge is 2.31. The lowest BCUT2D eigenvalue weighted by Crippen LogP contribution is -2.53. The van der Waals surface area contributed by atoms with Gasteiger partial charge in [0.05, 0.1) is 12.5 Å². The van der Waals surface area contributed by atoms with E-state index < -0.39 is 41.7 Å². The van der Waals surface area contributed by atoms with Crippen LogP contribution in [-0.2, 0) is 14.4 Å². The van der Waals surface area contributed by atoms with E-state index >= 15 is 0 Å². The number of rotatable bonds is 5. The molecular formula is C10H19N3O4. The third kappa shape index (κ3) is 5.30. The number of hydrogen-bond acceptors (Lipinski definition) is 4. The zero-order valence-electron chi connectivity index (χ0n) is 10.2. The normalized spacial score (nSPS) is 14.8. The van der Waals surface area contributed by atoms with Crippen molar-refractivity contribution in [1.82, 2.24) is 5.32 Å². The molecule has 0 rings (SSSR count). The van der Waals surface area contributed by atoms with Gasteiger partial charge in [0.2, 0.25) is 11.8 Å². The van der Waals surface area contributed by atoms with Crippen molar-refractivity contribution in [3.8, 4) is 0 Å². The Morgan fingerprint density at radius 2 is 1.76 bits per heavy atom. The zero-order chi connectivity index (χ0) is 13.8. The summed E-state index contributed by atoms with van der Waals surface area (Å²) in [4.78, 5) is 33.1. The molecule has 0 aliphatic rings. The van der Waals surface area contributed by atoms with Gasteiger partial charge >= 0.3 is 5.97 Å². The molecule has 7 nitrogen and oxygen atoms in total. The first-order valence-corrected chi connectivity index (χ1v) is 5.12. The number of nitrogens with two attached hydrogens (primary N) is 2. The smallest absolute Gasteiger partial charge is 0.326 e. The van der Waals surface area contributed by atoms with E-state index in [1.165, 1.54) is 0 Å². The highest BCUT2D eigenvalue weighted by molar-refractivity contribution is 5.90. The molecule has 0 heterocycles. The maximum Gasteiger partial charge on any atom is 0.326 e. The van der Waals surface area contributed by atoms with Crippen molar-refractivity contribution in [3.05, 3.63) is 0 Å². The lowest BCUT2D eigenvalue weighted by Gasteiger charge is -2.27. The van der Waals surface area contributed by atoms with Crippen molar-refractivity contribution in [3.63, 3.8) is 0 Å². The lowest BCUT2D eigenvalue weighted by atomic mass is 9.87. The average Bonchev–Trinajstić information content (AvgIpc) is 2.13. The van der Waals surface area contributed by atoms with Crippen LogP contribution >= 0.6 is 0 Å². The highest BCUT2D eigenvalue weighted by Crippen LogP contribution is 2.17. The van der Waals surface area contributed by atoms with E-state index in [0.717, 1.165) is 0 Å². The lowest BCUT2D eigenvalue weighted by molar-refractivity contribution is -0.143. The molecule has 0 aromatic heterocycles. The van der Waals surface area contributed by atoms with Crippen LogP contribution in [0.5, 0.6) is 0 Å². The van der Waals surface area contributed by atoms with Gasteiger partial charge in [-0.2, -0.15) is 0 Å². The van der Waals surface area contributed by atoms with Crippen LogP contribution in [-0.4, -0.2) is 35.0 Å². The molecule has 0 radical (unpaired) electrons. The molecule has 17 heavy (non-hydrogen) atoms. The Bertz CT molecular complexity index is 322. The molecule has 0 aliphatic carbocycles. The number of nitrogens with one attached hydrogen (secondary N) is 1. The quantitative estimate of drug-likeness (QED) is 0.482. The first-order chi connectivity index (χ1) is 7.55. The summed E-state index contributed by atoms with van der Waals surface area (Å²) in [6, 6.07) is -2.20. The van der Waals surface area contributed by atoms with Crippen LogP contribution in [0.3, 0.4) is 0 Å². The van der Waals surface area contributed by atoms with Crippen LogP contribution in [0.25, 0.3) is 0 Å².